The van der Waals surface area contributed by atoms with Gasteiger partial charge in [0.15, 0.2) is 0 Å². The molecule has 0 aliphatic heterocycles. The van der Waals surface area contributed by atoms with Gasteiger partial charge in [-0.1, -0.05) is 0 Å². The van der Waals surface area contributed by atoms with E-state index in [0.29, 0.717) is 0 Å². The van der Waals surface area contributed by atoms with Gasteiger partial charge in [-0.05, 0) is 6.07 Å². The maximum atomic E-state index is 11.2. The largest absolute Gasteiger partial charge is 0.271 e. The molecule has 1 aromatic rings. The highest BCUT2D eigenvalue weighted by Crippen LogP contribution is 1.97. The number of hydrogen-bond donors (Lipinski definition) is 1. The fourth-order valence-corrected chi connectivity index (χ4v) is 2.26. The maximum Gasteiger partial charge on any atom is 0.213 e. The van der Waals surface area contributed by atoms with E-state index in [2.05, 4.69) is 9.82 Å². The Bertz CT molecular complexity index is 387. The van der Waals surface area contributed by atoms with E-state index in [1.54, 1.807) is 24.0 Å². The van der Waals surface area contributed by atoms with Crippen LogP contribution in [-0.4, -0.2) is 29.8 Å². The molecule has 0 fully saturated rings. The third-order valence-electron chi connectivity index (χ3n) is 1.74. The SMILES string of the molecule is Cn1nccc1CNS(=O)(=O)CCCl. The van der Waals surface area contributed by atoms with Crippen molar-refractivity contribution in [3.05, 3.63) is 18.0 Å². The molecule has 0 spiro atoms. The van der Waals surface area contributed by atoms with Gasteiger partial charge in [0.2, 0.25) is 10.0 Å². The Hall–Kier alpha value is -0.590. The molecule has 1 heterocycles. The van der Waals surface area contributed by atoms with Crippen LogP contribution in [0.2, 0.25) is 0 Å². The number of aromatic nitrogens is 2. The minimum Gasteiger partial charge on any atom is -0.271 e. The topological polar surface area (TPSA) is 64.0 Å². The Morgan fingerprint density at radius 3 is 2.86 bits per heavy atom. The molecule has 0 atom stereocenters. The molecule has 0 aromatic carbocycles. The third kappa shape index (κ3) is 3.28. The minimum atomic E-state index is -3.25. The first-order valence-electron chi connectivity index (χ1n) is 4.05. The van der Waals surface area contributed by atoms with Crippen molar-refractivity contribution in [3.8, 4) is 0 Å². The second-order valence-electron chi connectivity index (χ2n) is 2.78. The molecule has 14 heavy (non-hydrogen) atoms. The Balaban J connectivity index is 2.53. The number of aryl methyl sites for hydroxylation is 1. The lowest BCUT2D eigenvalue weighted by atomic mass is 10.4. The van der Waals surface area contributed by atoms with Gasteiger partial charge >= 0.3 is 0 Å². The highest BCUT2D eigenvalue weighted by Gasteiger charge is 2.09. The van der Waals surface area contributed by atoms with Crippen molar-refractivity contribution in [3.63, 3.8) is 0 Å². The number of alkyl halides is 1. The smallest absolute Gasteiger partial charge is 0.213 e. The number of hydrogen-bond acceptors (Lipinski definition) is 3. The first-order valence-corrected chi connectivity index (χ1v) is 6.24. The van der Waals surface area contributed by atoms with Crippen molar-refractivity contribution in [2.45, 2.75) is 6.54 Å². The molecule has 5 nitrogen and oxygen atoms in total. The van der Waals surface area contributed by atoms with Crippen molar-refractivity contribution in [2.24, 2.45) is 7.05 Å². The predicted molar refractivity (Wildman–Crippen MR) is 54.6 cm³/mol. The summed E-state index contributed by atoms with van der Waals surface area (Å²) < 4.78 is 26.5. The van der Waals surface area contributed by atoms with E-state index >= 15 is 0 Å². The van der Waals surface area contributed by atoms with E-state index in [0.717, 1.165) is 5.69 Å². The van der Waals surface area contributed by atoms with Gasteiger partial charge in [0, 0.05) is 19.1 Å². The van der Waals surface area contributed by atoms with Gasteiger partial charge in [0.25, 0.3) is 0 Å². The number of sulfonamides is 1. The Kier molecular flexibility index (Phi) is 3.91. The van der Waals surface area contributed by atoms with Crippen LogP contribution < -0.4 is 4.72 Å². The molecule has 0 aliphatic carbocycles. The second kappa shape index (κ2) is 4.77. The van der Waals surface area contributed by atoms with Crippen LogP contribution in [0.3, 0.4) is 0 Å². The van der Waals surface area contributed by atoms with E-state index < -0.39 is 10.0 Å². The molecule has 80 valence electrons. The van der Waals surface area contributed by atoms with Crippen molar-refractivity contribution in [2.75, 3.05) is 11.6 Å². The standard InChI is InChI=1S/C7H12ClN3O2S/c1-11-7(2-4-9-11)6-10-14(12,13)5-3-8/h2,4,10H,3,5-6H2,1H3. The Labute approximate surface area is 88.1 Å². The minimum absolute atomic E-state index is 0.0631. The number of nitrogens with zero attached hydrogens (tertiary/aromatic N) is 2. The van der Waals surface area contributed by atoms with Gasteiger partial charge in [-0.15, -0.1) is 11.6 Å². The van der Waals surface area contributed by atoms with Crippen molar-refractivity contribution in [1.29, 1.82) is 0 Å². The van der Waals surface area contributed by atoms with Crippen molar-refractivity contribution in [1.82, 2.24) is 14.5 Å². The molecular weight excluding hydrogens is 226 g/mol. The summed E-state index contributed by atoms with van der Waals surface area (Å²) in [6.07, 6.45) is 1.62. The fourth-order valence-electron chi connectivity index (χ4n) is 0.932. The molecule has 0 saturated heterocycles. The number of nitrogens with one attached hydrogen (secondary N) is 1. The zero-order chi connectivity index (χ0) is 10.6. The molecule has 0 unspecified atom stereocenters. The normalized spacial score (nSPS) is 11.9. The van der Waals surface area contributed by atoms with E-state index in [4.69, 9.17) is 11.6 Å². The molecular formula is C7H12ClN3O2S. The predicted octanol–water partition coefficient (Wildman–Crippen LogP) is 0.0783. The summed E-state index contributed by atoms with van der Waals surface area (Å²) in [7, 11) is -1.49. The molecule has 0 amide bonds. The van der Waals surface area contributed by atoms with Crippen LogP contribution in [0.25, 0.3) is 0 Å². The molecule has 0 aliphatic rings. The van der Waals surface area contributed by atoms with Gasteiger partial charge < -0.3 is 0 Å². The lowest BCUT2D eigenvalue weighted by Gasteiger charge is -2.04. The average Bonchev–Trinajstić information content (AvgIpc) is 2.48. The third-order valence-corrected chi connectivity index (χ3v) is 3.48. The molecule has 0 bridgehead atoms. The summed E-state index contributed by atoms with van der Waals surface area (Å²) >= 11 is 5.34. The van der Waals surface area contributed by atoms with Crippen LogP contribution in [0.5, 0.6) is 0 Å². The molecule has 7 heteroatoms. The zero-order valence-corrected chi connectivity index (χ0v) is 9.35. The average molecular weight is 238 g/mol. The van der Waals surface area contributed by atoms with Gasteiger partial charge in [-0.2, -0.15) is 5.10 Å². The summed E-state index contributed by atoms with van der Waals surface area (Å²) in [4.78, 5) is 0. The number of halogens is 1. The van der Waals surface area contributed by atoms with E-state index in [9.17, 15) is 8.42 Å². The van der Waals surface area contributed by atoms with Crippen LogP contribution >= 0.6 is 11.6 Å². The van der Waals surface area contributed by atoms with Gasteiger partial charge in [0.1, 0.15) is 0 Å². The summed E-state index contributed by atoms with van der Waals surface area (Å²) in [5.74, 6) is 0.0348. The summed E-state index contributed by atoms with van der Waals surface area (Å²) in [6, 6.07) is 1.75. The maximum absolute atomic E-state index is 11.2. The highest BCUT2D eigenvalue weighted by molar-refractivity contribution is 7.89. The van der Waals surface area contributed by atoms with Gasteiger partial charge in [-0.3, -0.25) is 4.68 Å². The molecule has 1 rings (SSSR count). The summed E-state index contributed by atoms with van der Waals surface area (Å²) in [5, 5.41) is 3.92. The van der Waals surface area contributed by atoms with Crippen molar-refractivity contribution < 1.29 is 8.42 Å². The van der Waals surface area contributed by atoms with Gasteiger partial charge in [-0.25, -0.2) is 13.1 Å². The number of rotatable bonds is 5. The van der Waals surface area contributed by atoms with Gasteiger partial charge in [0.05, 0.1) is 18.0 Å². The quantitative estimate of drug-likeness (QED) is 0.738. The summed E-state index contributed by atoms with van der Waals surface area (Å²) in [6.45, 7) is 0.246. The van der Waals surface area contributed by atoms with Crippen molar-refractivity contribution >= 4 is 21.6 Å². The van der Waals surface area contributed by atoms with Crippen LogP contribution in [0.4, 0.5) is 0 Å². The monoisotopic (exact) mass is 237 g/mol. The van der Waals surface area contributed by atoms with E-state index in [1.807, 2.05) is 0 Å². The second-order valence-corrected chi connectivity index (χ2v) is 5.08. The van der Waals surface area contributed by atoms with Crippen LogP contribution in [0, 0.1) is 0 Å². The Morgan fingerprint density at radius 1 is 1.64 bits per heavy atom. The zero-order valence-electron chi connectivity index (χ0n) is 7.77. The first-order chi connectivity index (χ1) is 6.55. The molecule has 1 aromatic heterocycles. The lowest BCUT2D eigenvalue weighted by Crippen LogP contribution is -2.27. The van der Waals surface area contributed by atoms with E-state index in [1.165, 1.54) is 0 Å². The van der Waals surface area contributed by atoms with Crippen LogP contribution in [0.1, 0.15) is 5.69 Å². The highest BCUT2D eigenvalue weighted by atomic mass is 35.5. The first kappa shape index (κ1) is 11.5. The van der Waals surface area contributed by atoms with Crippen LogP contribution in [-0.2, 0) is 23.6 Å². The van der Waals surface area contributed by atoms with E-state index in [-0.39, 0.29) is 18.2 Å². The van der Waals surface area contributed by atoms with Crippen LogP contribution in [0.15, 0.2) is 12.3 Å². The molecule has 1 N–H and O–H groups in total. The Morgan fingerprint density at radius 2 is 2.36 bits per heavy atom. The molecule has 0 radical (unpaired) electrons. The summed E-state index contributed by atoms with van der Waals surface area (Å²) in [5.41, 5.74) is 0.808. The fraction of sp³-hybridized carbons (Fsp3) is 0.571. The lowest BCUT2D eigenvalue weighted by molar-refractivity contribution is 0.578. The molecule has 0 saturated carbocycles.